The van der Waals surface area contributed by atoms with Gasteiger partial charge in [-0.1, -0.05) is 17.7 Å². The smallest absolute Gasteiger partial charge is 0.163 e. The second-order valence-corrected chi connectivity index (χ2v) is 5.79. The van der Waals surface area contributed by atoms with E-state index in [9.17, 15) is 4.79 Å². The van der Waals surface area contributed by atoms with E-state index < -0.39 is 0 Å². The standard InChI is InChI=1S/C17H26N2O/c1-14-6-7-15(2)16(13-14)17(20)5-3-10-19-11-4-8-18-9-12-19/h6-7,13,18H,3-5,8-12H2,1-2H3. The van der Waals surface area contributed by atoms with Gasteiger partial charge in [0.1, 0.15) is 0 Å². The maximum atomic E-state index is 12.3. The van der Waals surface area contributed by atoms with Crippen molar-refractivity contribution in [2.45, 2.75) is 33.1 Å². The summed E-state index contributed by atoms with van der Waals surface area (Å²) in [5.74, 6) is 0.291. The van der Waals surface area contributed by atoms with Crippen molar-refractivity contribution in [3.8, 4) is 0 Å². The van der Waals surface area contributed by atoms with Gasteiger partial charge in [0.2, 0.25) is 0 Å². The van der Waals surface area contributed by atoms with Crippen LogP contribution in [-0.2, 0) is 0 Å². The van der Waals surface area contributed by atoms with Gasteiger partial charge < -0.3 is 10.2 Å². The molecule has 0 saturated carbocycles. The summed E-state index contributed by atoms with van der Waals surface area (Å²) in [6.07, 6.45) is 2.84. The number of carbonyl (C=O) groups excluding carboxylic acids is 1. The number of rotatable bonds is 5. The Morgan fingerprint density at radius 3 is 2.95 bits per heavy atom. The largest absolute Gasteiger partial charge is 0.315 e. The van der Waals surface area contributed by atoms with Crippen molar-refractivity contribution < 1.29 is 4.79 Å². The van der Waals surface area contributed by atoms with Gasteiger partial charge in [0, 0.05) is 25.1 Å². The Labute approximate surface area is 122 Å². The van der Waals surface area contributed by atoms with Crippen LogP contribution in [0.25, 0.3) is 0 Å². The van der Waals surface area contributed by atoms with Gasteiger partial charge in [-0.3, -0.25) is 4.79 Å². The minimum absolute atomic E-state index is 0.291. The molecule has 1 aliphatic heterocycles. The number of ketones is 1. The van der Waals surface area contributed by atoms with Crippen LogP contribution in [0.2, 0.25) is 0 Å². The third-order valence-electron chi connectivity index (χ3n) is 4.00. The molecule has 1 saturated heterocycles. The molecule has 2 rings (SSSR count). The van der Waals surface area contributed by atoms with Gasteiger partial charge in [-0.2, -0.15) is 0 Å². The van der Waals surface area contributed by atoms with Crippen molar-refractivity contribution in [3.63, 3.8) is 0 Å². The van der Waals surface area contributed by atoms with Crippen LogP contribution in [0.5, 0.6) is 0 Å². The zero-order valence-corrected chi connectivity index (χ0v) is 12.7. The van der Waals surface area contributed by atoms with Crippen molar-refractivity contribution in [2.75, 3.05) is 32.7 Å². The van der Waals surface area contributed by atoms with E-state index in [1.807, 2.05) is 26.0 Å². The number of hydrogen-bond acceptors (Lipinski definition) is 3. The molecule has 0 radical (unpaired) electrons. The van der Waals surface area contributed by atoms with Crippen LogP contribution < -0.4 is 5.32 Å². The number of aryl methyl sites for hydroxylation is 2. The lowest BCUT2D eigenvalue weighted by molar-refractivity contribution is 0.0974. The number of carbonyl (C=O) groups is 1. The SMILES string of the molecule is Cc1ccc(C)c(C(=O)CCCN2CCCNCC2)c1. The summed E-state index contributed by atoms with van der Waals surface area (Å²) >= 11 is 0. The van der Waals surface area contributed by atoms with Gasteiger partial charge in [0.15, 0.2) is 5.78 Å². The Bertz CT molecular complexity index is 448. The Morgan fingerprint density at radius 1 is 1.25 bits per heavy atom. The molecule has 1 aromatic rings. The van der Waals surface area contributed by atoms with E-state index in [2.05, 4.69) is 16.3 Å². The van der Waals surface area contributed by atoms with Gasteiger partial charge in [-0.15, -0.1) is 0 Å². The van der Waals surface area contributed by atoms with E-state index in [0.29, 0.717) is 12.2 Å². The van der Waals surface area contributed by atoms with Crippen LogP contribution in [0.15, 0.2) is 18.2 Å². The molecule has 20 heavy (non-hydrogen) atoms. The Morgan fingerprint density at radius 2 is 2.10 bits per heavy atom. The lowest BCUT2D eigenvalue weighted by Crippen LogP contribution is -2.29. The van der Waals surface area contributed by atoms with Crippen molar-refractivity contribution in [2.24, 2.45) is 0 Å². The fraction of sp³-hybridized carbons (Fsp3) is 0.588. The first-order valence-electron chi connectivity index (χ1n) is 7.70. The second-order valence-electron chi connectivity index (χ2n) is 5.79. The third-order valence-corrected chi connectivity index (χ3v) is 4.00. The van der Waals surface area contributed by atoms with Crippen LogP contribution in [0.4, 0.5) is 0 Å². The quantitative estimate of drug-likeness (QED) is 0.838. The molecule has 0 aliphatic carbocycles. The molecule has 0 atom stereocenters. The highest BCUT2D eigenvalue weighted by Gasteiger charge is 2.12. The topological polar surface area (TPSA) is 32.3 Å². The van der Waals surface area contributed by atoms with Crippen molar-refractivity contribution in [1.29, 1.82) is 0 Å². The zero-order valence-electron chi connectivity index (χ0n) is 12.7. The molecular weight excluding hydrogens is 248 g/mol. The summed E-state index contributed by atoms with van der Waals surface area (Å²) in [6.45, 7) is 9.57. The first kappa shape index (κ1) is 15.2. The molecule has 1 N–H and O–H groups in total. The molecule has 3 heteroatoms. The average molecular weight is 274 g/mol. The summed E-state index contributed by atoms with van der Waals surface area (Å²) in [5, 5.41) is 3.41. The average Bonchev–Trinajstić information content (AvgIpc) is 2.70. The number of hydrogen-bond donors (Lipinski definition) is 1. The molecular formula is C17H26N2O. The monoisotopic (exact) mass is 274 g/mol. The number of nitrogens with one attached hydrogen (secondary N) is 1. The lowest BCUT2D eigenvalue weighted by Gasteiger charge is -2.18. The molecule has 1 heterocycles. The summed E-state index contributed by atoms with van der Waals surface area (Å²) < 4.78 is 0. The molecule has 1 fully saturated rings. The predicted octanol–water partition coefficient (Wildman–Crippen LogP) is 2.56. The minimum Gasteiger partial charge on any atom is -0.315 e. The van der Waals surface area contributed by atoms with Crippen molar-refractivity contribution in [3.05, 3.63) is 34.9 Å². The molecule has 0 aromatic heterocycles. The highest BCUT2D eigenvalue weighted by atomic mass is 16.1. The minimum atomic E-state index is 0.291. The summed E-state index contributed by atoms with van der Waals surface area (Å²) in [4.78, 5) is 14.8. The molecule has 3 nitrogen and oxygen atoms in total. The summed E-state index contributed by atoms with van der Waals surface area (Å²) in [7, 11) is 0. The van der Waals surface area contributed by atoms with Gasteiger partial charge >= 0.3 is 0 Å². The van der Waals surface area contributed by atoms with E-state index in [-0.39, 0.29) is 0 Å². The number of Topliss-reactive ketones (excluding diaryl/α,β-unsaturated/α-hetero) is 1. The molecule has 1 aliphatic rings. The van der Waals surface area contributed by atoms with Crippen LogP contribution >= 0.6 is 0 Å². The van der Waals surface area contributed by atoms with E-state index in [0.717, 1.165) is 55.8 Å². The van der Waals surface area contributed by atoms with Crippen LogP contribution in [-0.4, -0.2) is 43.4 Å². The number of nitrogens with zero attached hydrogens (tertiary/aromatic N) is 1. The van der Waals surface area contributed by atoms with Crippen molar-refractivity contribution >= 4 is 5.78 Å². The second kappa shape index (κ2) is 7.55. The summed E-state index contributed by atoms with van der Waals surface area (Å²) in [6, 6.07) is 6.13. The molecule has 0 unspecified atom stereocenters. The highest BCUT2D eigenvalue weighted by Crippen LogP contribution is 2.14. The highest BCUT2D eigenvalue weighted by molar-refractivity contribution is 5.97. The fourth-order valence-corrected chi connectivity index (χ4v) is 2.76. The molecule has 0 amide bonds. The molecule has 110 valence electrons. The lowest BCUT2D eigenvalue weighted by atomic mass is 9.99. The Balaban J connectivity index is 1.81. The Kier molecular flexibility index (Phi) is 5.74. The normalized spacial score (nSPS) is 16.9. The molecule has 1 aromatic carbocycles. The van der Waals surface area contributed by atoms with E-state index in [1.165, 1.54) is 6.42 Å². The first-order valence-corrected chi connectivity index (χ1v) is 7.70. The van der Waals surface area contributed by atoms with Gasteiger partial charge in [0.05, 0.1) is 0 Å². The van der Waals surface area contributed by atoms with E-state index in [4.69, 9.17) is 0 Å². The van der Waals surface area contributed by atoms with Crippen LogP contribution in [0.3, 0.4) is 0 Å². The first-order chi connectivity index (χ1) is 9.66. The predicted molar refractivity (Wildman–Crippen MR) is 83.4 cm³/mol. The van der Waals surface area contributed by atoms with Gasteiger partial charge in [-0.05, 0) is 58.0 Å². The molecule has 0 spiro atoms. The fourth-order valence-electron chi connectivity index (χ4n) is 2.76. The van der Waals surface area contributed by atoms with Crippen LogP contribution in [0, 0.1) is 13.8 Å². The van der Waals surface area contributed by atoms with Crippen molar-refractivity contribution in [1.82, 2.24) is 10.2 Å². The van der Waals surface area contributed by atoms with Gasteiger partial charge in [0.25, 0.3) is 0 Å². The number of benzene rings is 1. The molecule has 0 bridgehead atoms. The maximum absolute atomic E-state index is 12.3. The summed E-state index contributed by atoms with van der Waals surface area (Å²) in [5.41, 5.74) is 3.17. The Hall–Kier alpha value is -1.19. The third kappa shape index (κ3) is 4.43. The van der Waals surface area contributed by atoms with E-state index in [1.54, 1.807) is 0 Å². The van der Waals surface area contributed by atoms with Crippen LogP contribution in [0.1, 0.15) is 40.7 Å². The van der Waals surface area contributed by atoms with Gasteiger partial charge in [-0.25, -0.2) is 0 Å². The van der Waals surface area contributed by atoms with E-state index >= 15 is 0 Å². The zero-order chi connectivity index (χ0) is 14.4. The maximum Gasteiger partial charge on any atom is 0.163 e.